The van der Waals surface area contributed by atoms with Crippen LogP contribution in [0.15, 0.2) is 12.1 Å². The van der Waals surface area contributed by atoms with Gasteiger partial charge in [0, 0.05) is 13.1 Å². The van der Waals surface area contributed by atoms with Gasteiger partial charge >= 0.3 is 12.0 Å². The molecule has 0 bridgehead atoms. The fraction of sp³-hybridized carbons (Fsp3) is 0.167. The number of urea groups is 1. The molecule has 0 atom stereocenters. The zero-order valence-corrected chi connectivity index (χ0v) is 9.91. The Bertz CT molecular complexity index is 567. The number of amides is 2. The Balaban J connectivity index is 3.02. The van der Waals surface area contributed by atoms with Gasteiger partial charge in [-0.15, -0.1) is 6.42 Å². The Morgan fingerprint density at radius 1 is 1.42 bits per heavy atom. The predicted octanol–water partition coefficient (Wildman–Crippen LogP) is 1.76. The van der Waals surface area contributed by atoms with Gasteiger partial charge in [0.15, 0.2) is 0 Å². The number of halogens is 2. The van der Waals surface area contributed by atoms with Crippen molar-refractivity contribution in [2.24, 2.45) is 0 Å². The second-order valence-corrected chi connectivity index (χ2v) is 3.61. The number of rotatable bonds is 3. The van der Waals surface area contributed by atoms with Gasteiger partial charge in [-0.1, -0.05) is 5.92 Å². The van der Waals surface area contributed by atoms with E-state index in [1.165, 1.54) is 7.05 Å². The lowest BCUT2D eigenvalue weighted by Gasteiger charge is -2.15. The Morgan fingerprint density at radius 3 is 2.58 bits per heavy atom. The summed E-state index contributed by atoms with van der Waals surface area (Å²) in [4.78, 5) is 23.3. The molecule has 2 N–H and O–H groups in total. The van der Waals surface area contributed by atoms with Gasteiger partial charge in [0.2, 0.25) is 0 Å². The molecule has 0 saturated heterocycles. The van der Waals surface area contributed by atoms with Crippen molar-refractivity contribution < 1.29 is 23.5 Å². The Labute approximate surface area is 107 Å². The number of anilines is 1. The maximum Gasteiger partial charge on any atom is 0.338 e. The van der Waals surface area contributed by atoms with E-state index in [9.17, 15) is 18.4 Å². The van der Waals surface area contributed by atoms with Crippen LogP contribution in [0, 0.1) is 24.0 Å². The van der Waals surface area contributed by atoms with Gasteiger partial charge in [0.1, 0.15) is 11.6 Å². The van der Waals surface area contributed by atoms with Crippen LogP contribution in [0.3, 0.4) is 0 Å². The van der Waals surface area contributed by atoms with Crippen LogP contribution in [0.25, 0.3) is 0 Å². The summed E-state index contributed by atoms with van der Waals surface area (Å²) in [6.07, 6.45) is 5.00. The normalized spacial score (nSPS) is 9.58. The number of carboxylic acids is 1. The van der Waals surface area contributed by atoms with E-state index in [-0.39, 0.29) is 6.54 Å². The molecular weight excluding hydrogens is 258 g/mol. The van der Waals surface area contributed by atoms with Crippen LogP contribution in [-0.2, 0) is 0 Å². The average molecular weight is 268 g/mol. The van der Waals surface area contributed by atoms with Crippen molar-refractivity contribution >= 4 is 17.7 Å². The summed E-state index contributed by atoms with van der Waals surface area (Å²) < 4.78 is 26.5. The van der Waals surface area contributed by atoms with Crippen molar-refractivity contribution in [1.29, 1.82) is 0 Å². The van der Waals surface area contributed by atoms with Gasteiger partial charge < -0.3 is 15.3 Å². The molecule has 0 spiro atoms. The molecule has 1 aromatic rings. The summed E-state index contributed by atoms with van der Waals surface area (Å²) in [6, 6.07) is 0.356. The largest absolute Gasteiger partial charge is 0.478 e. The van der Waals surface area contributed by atoms with Gasteiger partial charge in [0.25, 0.3) is 0 Å². The number of terminal acetylenes is 1. The molecule has 0 heterocycles. The Morgan fingerprint density at radius 2 is 2.05 bits per heavy atom. The zero-order valence-electron chi connectivity index (χ0n) is 9.91. The third-order valence-electron chi connectivity index (χ3n) is 2.20. The van der Waals surface area contributed by atoms with Crippen LogP contribution >= 0.6 is 0 Å². The fourth-order valence-electron chi connectivity index (χ4n) is 1.23. The fourth-order valence-corrected chi connectivity index (χ4v) is 1.23. The van der Waals surface area contributed by atoms with Crippen LogP contribution in [0.5, 0.6) is 0 Å². The monoisotopic (exact) mass is 268 g/mol. The molecule has 0 aromatic heterocycles. The molecule has 0 aliphatic carbocycles. The number of hydrogen-bond donors (Lipinski definition) is 2. The van der Waals surface area contributed by atoms with Crippen molar-refractivity contribution in [2.45, 2.75) is 0 Å². The van der Waals surface area contributed by atoms with E-state index >= 15 is 0 Å². The van der Waals surface area contributed by atoms with Gasteiger partial charge in [0.05, 0.1) is 17.8 Å². The third kappa shape index (κ3) is 3.42. The molecule has 2 amide bonds. The zero-order chi connectivity index (χ0) is 14.6. The highest BCUT2D eigenvalue weighted by atomic mass is 19.1. The smallest absolute Gasteiger partial charge is 0.338 e. The molecular formula is C12H10F2N2O3. The van der Waals surface area contributed by atoms with Gasteiger partial charge in [-0.05, 0) is 6.07 Å². The van der Waals surface area contributed by atoms with E-state index in [1.807, 2.05) is 0 Å². The number of nitrogens with zero attached hydrogens (tertiary/aromatic N) is 1. The molecule has 5 nitrogen and oxygen atoms in total. The SMILES string of the molecule is C#CCN(C)C(=O)Nc1cc(C(=O)O)c(F)cc1F. The maximum atomic E-state index is 13.4. The quantitative estimate of drug-likeness (QED) is 0.821. The number of aromatic carboxylic acids is 1. The number of hydrogen-bond acceptors (Lipinski definition) is 2. The molecule has 0 aliphatic heterocycles. The molecule has 0 radical (unpaired) electrons. The predicted molar refractivity (Wildman–Crippen MR) is 63.8 cm³/mol. The summed E-state index contributed by atoms with van der Waals surface area (Å²) in [6.45, 7) is -0.0135. The highest BCUT2D eigenvalue weighted by Gasteiger charge is 2.17. The van der Waals surface area contributed by atoms with E-state index in [1.54, 1.807) is 0 Å². The Hall–Kier alpha value is -2.62. The summed E-state index contributed by atoms with van der Waals surface area (Å²) in [7, 11) is 1.37. The minimum Gasteiger partial charge on any atom is -0.478 e. The van der Waals surface area contributed by atoms with Crippen molar-refractivity contribution in [3.8, 4) is 12.3 Å². The molecule has 1 rings (SSSR count). The number of carbonyl (C=O) groups excluding carboxylic acids is 1. The topological polar surface area (TPSA) is 69.6 Å². The minimum absolute atomic E-state index is 0.0135. The molecule has 0 aliphatic rings. The molecule has 19 heavy (non-hydrogen) atoms. The van der Waals surface area contributed by atoms with Crippen LogP contribution in [0.2, 0.25) is 0 Å². The molecule has 100 valence electrons. The van der Waals surface area contributed by atoms with Gasteiger partial charge in [-0.3, -0.25) is 0 Å². The molecule has 1 aromatic carbocycles. The summed E-state index contributed by atoms with van der Waals surface area (Å²) in [5.74, 6) is -1.66. The first kappa shape index (κ1) is 14.4. The van der Waals surface area contributed by atoms with E-state index in [4.69, 9.17) is 11.5 Å². The molecule has 7 heteroatoms. The Kier molecular flexibility index (Phi) is 4.42. The standard InChI is InChI=1S/C12H10F2N2O3/c1-3-4-16(2)12(19)15-10-5-7(11(17)18)8(13)6-9(10)14/h1,5-6H,4H2,2H3,(H,15,19)(H,17,18). The molecule has 0 saturated carbocycles. The highest BCUT2D eigenvalue weighted by Crippen LogP contribution is 2.20. The summed E-state index contributed by atoms with van der Waals surface area (Å²) >= 11 is 0. The van der Waals surface area contributed by atoms with Crippen molar-refractivity contribution in [3.63, 3.8) is 0 Å². The minimum atomic E-state index is -1.56. The van der Waals surface area contributed by atoms with Gasteiger partial charge in [-0.25, -0.2) is 18.4 Å². The van der Waals surface area contributed by atoms with E-state index < -0.39 is 34.9 Å². The van der Waals surface area contributed by atoms with Crippen LogP contribution in [0.4, 0.5) is 19.3 Å². The van der Waals surface area contributed by atoms with Crippen molar-refractivity contribution in [2.75, 3.05) is 18.9 Å². The van der Waals surface area contributed by atoms with E-state index in [2.05, 4.69) is 11.2 Å². The maximum absolute atomic E-state index is 13.4. The lowest BCUT2D eigenvalue weighted by atomic mass is 10.2. The van der Waals surface area contributed by atoms with Crippen LogP contribution < -0.4 is 5.32 Å². The van der Waals surface area contributed by atoms with E-state index in [0.717, 1.165) is 4.90 Å². The van der Waals surface area contributed by atoms with Gasteiger partial charge in [-0.2, -0.15) is 0 Å². The van der Waals surface area contributed by atoms with E-state index in [0.29, 0.717) is 12.1 Å². The van der Waals surface area contributed by atoms with Crippen molar-refractivity contribution in [3.05, 3.63) is 29.3 Å². The summed E-state index contributed by atoms with van der Waals surface area (Å²) in [5.41, 5.74) is -1.18. The number of nitrogens with one attached hydrogen (secondary N) is 1. The lowest BCUT2D eigenvalue weighted by Crippen LogP contribution is -2.32. The molecule has 0 unspecified atom stereocenters. The van der Waals surface area contributed by atoms with Crippen molar-refractivity contribution in [1.82, 2.24) is 4.90 Å². The third-order valence-corrected chi connectivity index (χ3v) is 2.20. The lowest BCUT2D eigenvalue weighted by molar-refractivity contribution is 0.0692. The molecule has 0 fully saturated rings. The second-order valence-electron chi connectivity index (χ2n) is 3.61. The van der Waals surface area contributed by atoms with Crippen LogP contribution in [0.1, 0.15) is 10.4 Å². The number of benzene rings is 1. The first-order valence-corrected chi connectivity index (χ1v) is 5.04. The first-order valence-electron chi connectivity index (χ1n) is 5.04. The second kappa shape index (κ2) is 5.82. The average Bonchev–Trinajstić information content (AvgIpc) is 2.32. The highest BCUT2D eigenvalue weighted by molar-refractivity contribution is 5.93. The number of carbonyl (C=O) groups is 2. The summed E-state index contributed by atoms with van der Waals surface area (Å²) in [5, 5.41) is 10.8. The van der Waals surface area contributed by atoms with Crippen LogP contribution in [-0.4, -0.2) is 35.6 Å². The number of carboxylic acid groups (broad SMARTS) is 1. The first-order chi connectivity index (χ1) is 8.86.